The van der Waals surface area contributed by atoms with Gasteiger partial charge < -0.3 is 10.1 Å². The van der Waals surface area contributed by atoms with Crippen LogP contribution >= 0.6 is 0 Å². The Labute approximate surface area is 104 Å². The van der Waals surface area contributed by atoms with Gasteiger partial charge in [0, 0.05) is 31.7 Å². The number of hydrogen-bond acceptors (Lipinski definition) is 3. The van der Waals surface area contributed by atoms with E-state index in [1.54, 1.807) is 0 Å². The first kappa shape index (κ1) is 12.4. The highest BCUT2D eigenvalue weighted by Gasteiger charge is 2.21. The first-order chi connectivity index (χ1) is 8.25. The van der Waals surface area contributed by atoms with Gasteiger partial charge in [0.05, 0.1) is 0 Å². The van der Waals surface area contributed by atoms with Crippen molar-refractivity contribution in [2.24, 2.45) is 0 Å². The molecule has 0 radical (unpaired) electrons. The molecule has 0 aliphatic carbocycles. The van der Waals surface area contributed by atoms with E-state index < -0.39 is 0 Å². The Kier molecular flexibility index (Phi) is 4.40. The molecule has 1 heterocycles. The van der Waals surface area contributed by atoms with Gasteiger partial charge in [-0.05, 0) is 26.0 Å². The third kappa shape index (κ3) is 3.72. The molecule has 1 aliphatic heterocycles. The van der Waals surface area contributed by atoms with Crippen molar-refractivity contribution in [1.82, 2.24) is 10.2 Å². The fourth-order valence-electron chi connectivity index (χ4n) is 2.21. The predicted molar refractivity (Wildman–Crippen MR) is 70.4 cm³/mol. The Morgan fingerprint density at radius 2 is 2.06 bits per heavy atom. The maximum atomic E-state index is 5.73. The summed E-state index contributed by atoms with van der Waals surface area (Å²) >= 11 is 0. The van der Waals surface area contributed by atoms with Gasteiger partial charge in [0.25, 0.3) is 0 Å². The molecule has 1 saturated heterocycles. The standard InChI is InChI=1S/C14H22N2O/c1-12-11-16(13(2)10-15-12)8-9-17-14-6-4-3-5-7-14/h3-7,12-13,15H,8-11H2,1-2H3. The van der Waals surface area contributed by atoms with Gasteiger partial charge in [-0.25, -0.2) is 0 Å². The molecule has 1 aliphatic rings. The molecule has 3 heteroatoms. The second kappa shape index (κ2) is 6.03. The number of nitrogens with zero attached hydrogens (tertiary/aromatic N) is 1. The van der Waals surface area contributed by atoms with Crippen LogP contribution in [0.5, 0.6) is 5.75 Å². The minimum absolute atomic E-state index is 0.586. The van der Waals surface area contributed by atoms with Crippen LogP contribution in [0.1, 0.15) is 13.8 Å². The summed E-state index contributed by atoms with van der Waals surface area (Å²) in [6, 6.07) is 11.2. The fourth-order valence-corrected chi connectivity index (χ4v) is 2.21. The molecule has 0 aromatic heterocycles. The summed E-state index contributed by atoms with van der Waals surface area (Å²) in [5, 5.41) is 3.49. The minimum atomic E-state index is 0.586. The molecule has 2 rings (SSSR count). The molecule has 17 heavy (non-hydrogen) atoms. The molecule has 1 aromatic carbocycles. The first-order valence-electron chi connectivity index (χ1n) is 6.41. The monoisotopic (exact) mass is 234 g/mol. The number of nitrogens with one attached hydrogen (secondary N) is 1. The van der Waals surface area contributed by atoms with Crippen molar-refractivity contribution in [3.05, 3.63) is 30.3 Å². The van der Waals surface area contributed by atoms with E-state index in [4.69, 9.17) is 4.74 Å². The maximum absolute atomic E-state index is 5.73. The van der Waals surface area contributed by atoms with Gasteiger partial charge in [-0.15, -0.1) is 0 Å². The zero-order chi connectivity index (χ0) is 12.1. The van der Waals surface area contributed by atoms with Crippen molar-refractivity contribution < 1.29 is 4.74 Å². The van der Waals surface area contributed by atoms with Crippen LogP contribution in [0.25, 0.3) is 0 Å². The van der Waals surface area contributed by atoms with Crippen LogP contribution in [0.15, 0.2) is 30.3 Å². The van der Waals surface area contributed by atoms with Gasteiger partial charge >= 0.3 is 0 Å². The highest BCUT2D eigenvalue weighted by Crippen LogP contribution is 2.10. The average Bonchev–Trinajstić information content (AvgIpc) is 2.35. The Bertz CT molecular complexity index is 328. The molecule has 3 nitrogen and oxygen atoms in total. The number of piperazine rings is 1. The molecule has 0 spiro atoms. The van der Waals surface area contributed by atoms with Gasteiger partial charge in [0.1, 0.15) is 12.4 Å². The van der Waals surface area contributed by atoms with Gasteiger partial charge in [0.2, 0.25) is 0 Å². The molecule has 0 bridgehead atoms. The van der Waals surface area contributed by atoms with E-state index >= 15 is 0 Å². The molecular weight excluding hydrogens is 212 g/mol. The summed E-state index contributed by atoms with van der Waals surface area (Å²) in [5.74, 6) is 0.961. The lowest BCUT2D eigenvalue weighted by Gasteiger charge is -2.37. The number of benzene rings is 1. The molecular formula is C14H22N2O. The largest absolute Gasteiger partial charge is 0.492 e. The van der Waals surface area contributed by atoms with Crippen molar-refractivity contribution in [3.8, 4) is 5.75 Å². The zero-order valence-corrected chi connectivity index (χ0v) is 10.7. The number of hydrogen-bond donors (Lipinski definition) is 1. The average molecular weight is 234 g/mol. The van der Waals surface area contributed by atoms with E-state index in [2.05, 4.69) is 24.1 Å². The van der Waals surface area contributed by atoms with Crippen LogP contribution in [0, 0.1) is 0 Å². The minimum Gasteiger partial charge on any atom is -0.492 e. The van der Waals surface area contributed by atoms with Gasteiger partial charge in [-0.3, -0.25) is 4.90 Å². The highest BCUT2D eigenvalue weighted by molar-refractivity contribution is 5.20. The van der Waals surface area contributed by atoms with Gasteiger partial charge in [-0.2, -0.15) is 0 Å². The summed E-state index contributed by atoms with van der Waals surface area (Å²) in [7, 11) is 0. The van der Waals surface area contributed by atoms with Crippen molar-refractivity contribution in [2.45, 2.75) is 25.9 Å². The third-order valence-electron chi connectivity index (χ3n) is 3.28. The first-order valence-corrected chi connectivity index (χ1v) is 6.41. The molecule has 94 valence electrons. The number of rotatable bonds is 4. The summed E-state index contributed by atoms with van der Waals surface area (Å²) in [4.78, 5) is 2.49. The second-order valence-electron chi connectivity index (χ2n) is 4.81. The Hall–Kier alpha value is -1.06. The van der Waals surface area contributed by atoms with Crippen molar-refractivity contribution in [3.63, 3.8) is 0 Å². The summed E-state index contributed by atoms with van der Waals surface area (Å²) in [5.41, 5.74) is 0. The van der Waals surface area contributed by atoms with Crippen LogP contribution in [0.4, 0.5) is 0 Å². The number of ether oxygens (including phenoxy) is 1. The molecule has 1 fully saturated rings. The molecule has 0 amide bonds. The van der Waals surface area contributed by atoms with Crippen molar-refractivity contribution in [1.29, 1.82) is 0 Å². The molecule has 0 saturated carbocycles. The third-order valence-corrected chi connectivity index (χ3v) is 3.28. The van der Waals surface area contributed by atoms with Crippen LogP contribution in [0.3, 0.4) is 0 Å². The molecule has 2 unspecified atom stereocenters. The van der Waals surface area contributed by atoms with Crippen LogP contribution in [-0.4, -0.2) is 43.2 Å². The van der Waals surface area contributed by atoms with E-state index in [0.29, 0.717) is 12.1 Å². The fraction of sp³-hybridized carbons (Fsp3) is 0.571. The SMILES string of the molecule is CC1CN(CCOc2ccccc2)C(C)CN1. The molecule has 1 N–H and O–H groups in total. The Morgan fingerprint density at radius 1 is 1.29 bits per heavy atom. The Balaban J connectivity index is 1.74. The van der Waals surface area contributed by atoms with Gasteiger partial charge in [-0.1, -0.05) is 18.2 Å². The highest BCUT2D eigenvalue weighted by atomic mass is 16.5. The smallest absolute Gasteiger partial charge is 0.119 e. The van der Waals surface area contributed by atoms with E-state index in [0.717, 1.165) is 32.0 Å². The van der Waals surface area contributed by atoms with E-state index in [1.165, 1.54) is 0 Å². The summed E-state index contributed by atoms with van der Waals surface area (Å²) in [6.45, 7) is 8.45. The summed E-state index contributed by atoms with van der Waals surface area (Å²) < 4.78 is 5.73. The Morgan fingerprint density at radius 3 is 2.82 bits per heavy atom. The topological polar surface area (TPSA) is 24.5 Å². The van der Waals surface area contributed by atoms with E-state index in [-0.39, 0.29) is 0 Å². The second-order valence-corrected chi connectivity index (χ2v) is 4.81. The van der Waals surface area contributed by atoms with E-state index in [1.807, 2.05) is 30.3 Å². The van der Waals surface area contributed by atoms with Crippen molar-refractivity contribution in [2.75, 3.05) is 26.2 Å². The quantitative estimate of drug-likeness (QED) is 0.859. The van der Waals surface area contributed by atoms with Gasteiger partial charge in [0.15, 0.2) is 0 Å². The van der Waals surface area contributed by atoms with Crippen LogP contribution in [-0.2, 0) is 0 Å². The zero-order valence-electron chi connectivity index (χ0n) is 10.7. The van der Waals surface area contributed by atoms with E-state index in [9.17, 15) is 0 Å². The normalized spacial score (nSPS) is 25.8. The number of para-hydroxylation sites is 1. The molecule has 1 aromatic rings. The lowest BCUT2D eigenvalue weighted by Crippen LogP contribution is -2.55. The summed E-state index contributed by atoms with van der Waals surface area (Å²) in [6.07, 6.45) is 0. The molecule has 2 atom stereocenters. The van der Waals surface area contributed by atoms with Crippen LogP contribution in [0.2, 0.25) is 0 Å². The maximum Gasteiger partial charge on any atom is 0.119 e. The van der Waals surface area contributed by atoms with Crippen LogP contribution < -0.4 is 10.1 Å². The van der Waals surface area contributed by atoms with Crippen molar-refractivity contribution >= 4 is 0 Å². The lowest BCUT2D eigenvalue weighted by atomic mass is 10.1. The predicted octanol–water partition coefficient (Wildman–Crippen LogP) is 1.75. The lowest BCUT2D eigenvalue weighted by molar-refractivity contribution is 0.123.